The molecule has 2 aromatic carbocycles. The van der Waals surface area contributed by atoms with Crippen LogP contribution in [-0.4, -0.2) is 41.9 Å². The highest BCUT2D eigenvalue weighted by molar-refractivity contribution is 8.18. The summed E-state index contributed by atoms with van der Waals surface area (Å²) in [6.45, 7) is 0.000249. The number of ether oxygens (including phenoxy) is 1. The van der Waals surface area contributed by atoms with Gasteiger partial charge in [-0.25, -0.2) is 0 Å². The Balaban J connectivity index is 1.58. The van der Waals surface area contributed by atoms with Gasteiger partial charge >= 0.3 is 0 Å². The Labute approximate surface area is 177 Å². The fourth-order valence-corrected chi connectivity index (χ4v) is 3.88. The maximum absolute atomic E-state index is 12.5. The van der Waals surface area contributed by atoms with Crippen molar-refractivity contribution in [3.05, 3.63) is 64.6 Å². The number of imide groups is 1. The van der Waals surface area contributed by atoms with Crippen molar-refractivity contribution in [2.75, 3.05) is 19.9 Å². The Kier molecular flexibility index (Phi) is 7.00. The van der Waals surface area contributed by atoms with Gasteiger partial charge in [-0.3, -0.25) is 19.3 Å². The highest BCUT2D eigenvalue weighted by atomic mass is 32.2. The van der Waals surface area contributed by atoms with Crippen molar-refractivity contribution in [1.82, 2.24) is 10.2 Å². The number of rotatable bonds is 7. The molecule has 3 amide bonds. The summed E-state index contributed by atoms with van der Waals surface area (Å²) in [5, 5.41) is 2.28. The average Bonchev–Trinajstić information content (AvgIpc) is 3.00. The number of nitrogens with one attached hydrogen (secondary N) is 1. The van der Waals surface area contributed by atoms with Crippen LogP contribution >= 0.6 is 23.5 Å². The molecule has 0 saturated carbocycles. The van der Waals surface area contributed by atoms with Crippen LogP contribution in [0.5, 0.6) is 5.75 Å². The van der Waals surface area contributed by atoms with E-state index in [9.17, 15) is 14.4 Å². The van der Waals surface area contributed by atoms with Crippen molar-refractivity contribution in [2.45, 2.75) is 11.4 Å². The Bertz CT molecular complexity index is 940. The zero-order valence-electron chi connectivity index (χ0n) is 16.0. The van der Waals surface area contributed by atoms with Crippen LogP contribution in [0.1, 0.15) is 11.1 Å². The van der Waals surface area contributed by atoms with Crippen molar-refractivity contribution < 1.29 is 19.1 Å². The zero-order chi connectivity index (χ0) is 20.8. The number of hydrogen-bond donors (Lipinski definition) is 1. The summed E-state index contributed by atoms with van der Waals surface area (Å²) >= 11 is 2.47. The second-order valence-electron chi connectivity index (χ2n) is 6.17. The molecular weight excluding hydrogens is 408 g/mol. The summed E-state index contributed by atoms with van der Waals surface area (Å²) in [4.78, 5) is 39.3. The molecule has 1 aliphatic rings. The van der Waals surface area contributed by atoms with Crippen LogP contribution in [0.3, 0.4) is 0 Å². The standard InChI is InChI=1S/C21H20N2O4S2/c1-27-16-7-3-15(4-8-16)12-22-19(24)13-23-20(25)18(29-21(23)26)11-14-5-9-17(28-2)10-6-14/h3-11H,12-13H2,1-2H3,(H,22,24)/b18-11-. The van der Waals surface area contributed by atoms with Crippen LogP contribution in [0.4, 0.5) is 4.79 Å². The predicted octanol–water partition coefficient (Wildman–Crippen LogP) is 3.77. The molecule has 0 aromatic heterocycles. The molecule has 1 fully saturated rings. The first-order chi connectivity index (χ1) is 14.0. The lowest BCUT2D eigenvalue weighted by Crippen LogP contribution is -2.39. The van der Waals surface area contributed by atoms with E-state index in [0.717, 1.165) is 38.4 Å². The number of thioether (sulfide) groups is 2. The lowest BCUT2D eigenvalue weighted by Gasteiger charge is -2.12. The summed E-state index contributed by atoms with van der Waals surface area (Å²) in [6.07, 6.45) is 3.66. The van der Waals surface area contributed by atoms with Gasteiger partial charge in [0.2, 0.25) is 5.91 Å². The minimum Gasteiger partial charge on any atom is -0.497 e. The van der Waals surface area contributed by atoms with Crippen molar-refractivity contribution in [2.24, 2.45) is 0 Å². The number of amides is 3. The van der Waals surface area contributed by atoms with E-state index in [2.05, 4.69) is 5.32 Å². The van der Waals surface area contributed by atoms with Gasteiger partial charge < -0.3 is 10.1 Å². The Morgan fingerprint density at radius 3 is 2.45 bits per heavy atom. The van der Waals surface area contributed by atoms with Crippen molar-refractivity contribution in [3.8, 4) is 5.75 Å². The van der Waals surface area contributed by atoms with Crippen molar-refractivity contribution >= 4 is 46.7 Å². The molecule has 150 valence electrons. The SMILES string of the molecule is COc1ccc(CNC(=O)CN2C(=O)S/C(=C\c3ccc(SC)cc3)C2=O)cc1. The highest BCUT2D eigenvalue weighted by Gasteiger charge is 2.36. The normalized spacial score (nSPS) is 15.1. The topological polar surface area (TPSA) is 75.7 Å². The molecule has 0 aliphatic carbocycles. The third-order valence-corrected chi connectivity index (χ3v) is 5.89. The average molecular weight is 429 g/mol. The molecule has 1 heterocycles. The van der Waals surface area contributed by atoms with E-state index >= 15 is 0 Å². The van der Waals surface area contributed by atoms with E-state index in [1.54, 1.807) is 37.1 Å². The third kappa shape index (κ3) is 5.42. The molecule has 0 spiro atoms. The second kappa shape index (κ2) is 9.67. The Hall–Kier alpha value is -2.71. The Morgan fingerprint density at radius 1 is 1.14 bits per heavy atom. The van der Waals surface area contributed by atoms with Gasteiger partial charge in [0.25, 0.3) is 11.1 Å². The van der Waals surface area contributed by atoms with E-state index in [1.165, 1.54) is 0 Å². The monoisotopic (exact) mass is 428 g/mol. The van der Waals surface area contributed by atoms with E-state index in [4.69, 9.17) is 4.74 Å². The maximum Gasteiger partial charge on any atom is 0.294 e. The summed E-state index contributed by atoms with van der Waals surface area (Å²) in [6, 6.07) is 15.0. The molecule has 1 aliphatic heterocycles. The van der Waals surface area contributed by atoms with Gasteiger partial charge in [-0.05, 0) is 59.5 Å². The molecule has 29 heavy (non-hydrogen) atoms. The minimum atomic E-state index is -0.450. The largest absolute Gasteiger partial charge is 0.497 e. The van der Waals surface area contributed by atoms with Crippen molar-refractivity contribution in [1.29, 1.82) is 0 Å². The number of hydrogen-bond acceptors (Lipinski definition) is 6. The second-order valence-corrected chi connectivity index (χ2v) is 8.04. The van der Waals surface area contributed by atoms with Gasteiger partial charge in [0.05, 0.1) is 12.0 Å². The molecular formula is C21H20N2O4S2. The Morgan fingerprint density at radius 2 is 1.83 bits per heavy atom. The van der Waals surface area contributed by atoms with Gasteiger partial charge in [0.1, 0.15) is 12.3 Å². The van der Waals surface area contributed by atoms with E-state index in [1.807, 2.05) is 42.7 Å². The lowest BCUT2D eigenvalue weighted by molar-refractivity contribution is -0.129. The predicted molar refractivity (Wildman–Crippen MR) is 116 cm³/mol. The molecule has 1 saturated heterocycles. The van der Waals surface area contributed by atoms with Crippen LogP contribution < -0.4 is 10.1 Å². The quantitative estimate of drug-likeness (QED) is 0.534. The molecule has 3 rings (SSSR count). The number of carbonyl (C=O) groups is 3. The third-order valence-electron chi connectivity index (χ3n) is 4.24. The number of nitrogens with zero attached hydrogens (tertiary/aromatic N) is 1. The fraction of sp³-hybridized carbons (Fsp3) is 0.190. The molecule has 1 N–H and O–H groups in total. The van der Waals surface area contributed by atoms with Crippen LogP contribution in [0, 0.1) is 0 Å². The first-order valence-electron chi connectivity index (χ1n) is 8.79. The fourth-order valence-electron chi connectivity index (χ4n) is 2.63. The maximum atomic E-state index is 12.5. The first-order valence-corrected chi connectivity index (χ1v) is 10.8. The first kappa shape index (κ1) is 21.0. The van der Waals surface area contributed by atoms with Gasteiger partial charge in [-0.1, -0.05) is 24.3 Å². The summed E-state index contributed by atoms with van der Waals surface area (Å²) < 4.78 is 5.09. The molecule has 0 radical (unpaired) electrons. The van der Waals surface area contributed by atoms with Crippen LogP contribution in [0.2, 0.25) is 0 Å². The summed E-state index contributed by atoms with van der Waals surface area (Å²) in [7, 11) is 1.58. The molecule has 6 nitrogen and oxygen atoms in total. The van der Waals surface area contributed by atoms with Crippen LogP contribution in [-0.2, 0) is 16.1 Å². The van der Waals surface area contributed by atoms with E-state index in [-0.39, 0.29) is 6.54 Å². The minimum absolute atomic E-state index is 0.302. The zero-order valence-corrected chi connectivity index (χ0v) is 17.6. The molecule has 0 atom stereocenters. The summed E-state index contributed by atoms with van der Waals surface area (Å²) in [5.74, 6) is -0.116. The number of carbonyl (C=O) groups excluding carboxylic acids is 3. The highest BCUT2D eigenvalue weighted by Crippen LogP contribution is 2.32. The smallest absolute Gasteiger partial charge is 0.294 e. The van der Waals surface area contributed by atoms with E-state index < -0.39 is 17.1 Å². The number of methoxy groups -OCH3 is 1. The molecule has 0 unspecified atom stereocenters. The van der Waals surface area contributed by atoms with Crippen LogP contribution in [0.25, 0.3) is 6.08 Å². The van der Waals surface area contributed by atoms with Crippen molar-refractivity contribution in [3.63, 3.8) is 0 Å². The van der Waals surface area contributed by atoms with Crippen LogP contribution in [0.15, 0.2) is 58.3 Å². The van der Waals surface area contributed by atoms with Gasteiger partial charge in [0, 0.05) is 11.4 Å². The molecule has 8 heteroatoms. The van der Waals surface area contributed by atoms with Gasteiger partial charge in [-0.2, -0.15) is 0 Å². The number of benzene rings is 2. The molecule has 0 bridgehead atoms. The van der Waals surface area contributed by atoms with E-state index in [0.29, 0.717) is 11.4 Å². The molecule has 2 aromatic rings. The van der Waals surface area contributed by atoms with Gasteiger partial charge in [0.15, 0.2) is 0 Å². The summed E-state index contributed by atoms with van der Waals surface area (Å²) in [5.41, 5.74) is 1.72. The van der Waals surface area contributed by atoms with Gasteiger partial charge in [-0.15, -0.1) is 11.8 Å². The lowest BCUT2D eigenvalue weighted by atomic mass is 10.2.